The van der Waals surface area contributed by atoms with Crippen LogP contribution in [0.4, 0.5) is 5.69 Å². The van der Waals surface area contributed by atoms with Gasteiger partial charge in [0.05, 0.1) is 34.1 Å². The Morgan fingerprint density at radius 3 is 2.00 bits per heavy atom. The van der Waals surface area contributed by atoms with Crippen molar-refractivity contribution in [2.75, 3.05) is 47.3 Å². The number of nitrogens with zero attached hydrogens (tertiary/aromatic N) is 1. The fourth-order valence-corrected chi connectivity index (χ4v) is 3.60. The molecule has 7 nitrogen and oxygen atoms in total. The SMILES string of the molecule is COc1ccc(/C=C(/C(=O)N2CCCC2)c2cc(OC)c(OC)c(OC)c2)cc1N. The average molecular weight is 412 g/mol. The van der Waals surface area contributed by atoms with Gasteiger partial charge in [-0.25, -0.2) is 0 Å². The molecule has 160 valence electrons. The Morgan fingerprint density at radius 2 is 1.50 bits per heavy atom. The summed E-state index contributed by atoms with van der Waals surface area (Å²) in [5.41, 5.74) is 8.57. The number of carbonyl (C=O) groups is 1. The Morgan fingerprint density at radius 1 is 0.900 bits per heavy atom. The van der Waals surface area contributed by atoms with Crippen molar-refractivity contribution in [2.24, 2.45) is 0 Å². The third kappa shape index (κ3) is 4.30. The predicted molar refractivity (Wildman–Crippen MR) is 117 cm³/mol. The highest BCUT2D eigenvalue weighted by atomic mass is 16.5. The van der Waals surface area contributed by atoms with Crippen molar-refractivity contribution in [3.8, 4) is 23.0 Å². The fraction of sp³-hybridized carbons (Fsp3) is 0.348. The van der Waals surface area contributed by atoms with Crippen LogP contribution in [0.3, 0.4) is 0 Å². The lowest BCUT2D eigenvalue weighted by molar-refractivity contribution is -0.123. The number of hydrogen-bond donors (Lipinski definition) is 1. The molecule has 1 aliphatic rings. The smallest absolute Gasteiger partial charge is 0.254 e. The molecule has 2 aromatic rings. The van der Waals surface area contributed by atoms with Crippen molar-refractivity contribution in [1.29, 1.82) is 0 Å². The average Bonchev–Trinajstić information content (AvgIpc) is 3.31. The molecule has 1 saturated heterocycles. The second-order valence-corrected chi connectivity index (χ2v) is 6.97. The zero-order valence-corrected chi connectivity index (χ0v) is 17.9. The number of nitrogen functional groups attached to an aromatic ring is 1. The van der Waals surface area contributed by atoms with Crippen LogP contribution in [-0.4, -0.2) is 52.3 Å². The van der Waals surface area contributed by atoms with E-state index in [0.29, 0.717) is 39.8 Å². The Hall–Kier alpha value is -3.35. The fourth-order valence-electron chi connectivity index (χ4n) is 3.60. The number of carbonyl (C=O) groups excluding carboxylic acids is 1. The maximum atomic E-state index is 13.4. The number of nitrogens with two attached hydrogens (primary N) is 1. The Labute approximate surface area is 177 Å². The van der Waals surface area contributed by atoms with Crippen molar-refractivity contribution in [3.63, 3.8) is 0 Å². The molecule has 30 heavy (non-hydrogen) atoms. The van der Waals surface area contributed by atoms with Gasteiger partial charge in [0.1, 0.15) is 5.75 Å². The lowest BCUT2D eigenvalue weighted by Crippen LogP contribution is -2.28. The van der Waals surface area contributed by atoms with Gasteiger partial charge in [0.25, 0.3) is 5.91 Å². The van der Waals surface area contributed by atoms with Gasteiger partial charge in [0, 0.05) is 18.7 Å². The van der Waals surface area contributed by atoms with E-state index in [-0.39, 0.29) is 5.91 Å². The summed E-state index contributed by atoms with van der Waals surface area (Å²) in [6.07, 6.45) is 3.84. The second-order valence-electron chi connectivity index (χ2n) is 6.97. The summed E-state index contributed by atoms with van der Waals surface area (Å²) in [7, 11) is 6.22. The van der Waals surface area contributed by atoms with E-state index in [4.69, 9.17) is 24.7 Å². The number of ether oxygens (including phenoxy) is 4. The quantitative estimate of drug-likeness (QED) is 0.426. The Kier molecular flexibility index (Phi) is 6.72. The highest BCUT2D eigenvalue weighted by molar-refractivity contribution is 6.24. The monoisotopic (exact) mass is 412 g/mol. The number of anilines is 1. The molecule has 0 atom stereocenters. The van der Waals surface area contributed by atoms with Crippen LogP contribution < -0.4 is 24.7 Å². The molecule has 7 heteroatoms. The van der Waals surface area contributed by atoms with E-state index in [0.717, 1.165) is 31.5 Å². The molecule has 0 bridgehead atoms. The maximum Gasteiger partial charge on any atom is 0.254 e. The zero-order chi connectivity index (χ0) is 21.7. The zero-order valence-electron chi connectivity index (χ0n) is 17.9. The molecule has 1 fully saturated rings. The number of likely N-dealkylation sites (tertiary alicyclic amines) is 1. The van der Waals surface area contributed by atoms with E-state index in [9.17, 15) is 4.79 Å². The van der Waals surface area contributed by atoms with Crippen LogP contribution in [0.2, 0.25) is 0 Å². The van der Waals surface area contributed by atoms with E-state index in [2.05, 4.69) is 0 Å². The molecule has 3 rings (SSSR count). The molecule has 0 aromatic heterocycles. The maximum absolute atomic E-state index is 13.4. The minimum atomic E-state index is -0.0452. The van der Waals surface area contributed by atoms with Crippen LogP contribution >= 0.6 is 0 Å². The number of methoxy groups -OCH3 is 4. The molecule has 2 aromatic carbocycles. The molecular weight excluding hydrogens is 384 g/mol. The van der Waals surface area contributed by atoms with Gasteiger partial charge in [-0.15, -0.1) is 0 Å². The van der Waals surface area contributed by atoms with E-state index in [1.165, 1.54) is 0 Å². The summed E-state index contributed by atoms with van der Waals surface area (Å²) in [6.45, 7) is 1.48. The molecule has 1 amide bonds. The van der Waals surface area contributed by atoms with Crippen molar-refractivity contribution in [2.45, 2.75) is 12.8 Å². The van der Waals surface area contributed by atoms with Crippen LogP contribution in [0.25, 0.3) is 11.6 Å². The standard InChI is InChI=1S/C23H28N2O5/c1-27-19-8-7-15(12-18(19)24)11-17(23(26)25-9-5-6-10-25)16-13-20(28-2)22(30-4)21(14-16)29-3/h7-8,11-14H,5-6,9-10,24H2,1-4H3/b17-11+. The van der Waals surface area contributed by atoms with Crippen LogP contribution in [0.5, 0.6) is 23.0 Å². The Bertz CT molecular complexity index is 924. The highest BCUT2D eigenvalue weighted by Crippen LogP contribution is 2.41. The topological polar surface area (TPSA) is 83.2 Å². The first-order valence-electron chi connectivity index (χ1n) is 9.77. The number of benzene rings is 2. The van der Waals surface area contributed by atoms with Gasteiger partial charge >= 0.3 is 0 Å². The van der Waals surface area contributed by atoms with Crippen LogP contribution in [-0.2, 0) is 4.79 Å². The van der Waals surface area contributed by atoms with Gasteiger partial charge in [0.15, 0.2) is 11.5 Å². The van der Waals surface area contributed by atoms with Crippen molar-refractivity contribution < 1.29 is 23.7 Å². The van der Waals surface area contributed by atoms with Crippen molar-refractivity contribution in [1.82, 2.24) is 4.90 Å². The van der Waals surface area contributed by atoms with Gasteiger partial charge in [-0.05, 0) is 54.3 Å². The summed E-state index contributed by atoms with van der Waals surface area (Å²) >= 11 is 0. The second kappa shape index (κ2) is 9.43. The van der Waals surface area contributed by atoms with Crippen molar-refractivity contribution >= 4 is 23.2 Å². The summed E-state index contributed by atoms with van der Waals surface area (Å²) in [4.78, 5) is 15.3. The van der Waals surface area contributed by atoms with Crippen LogP contribution in [0.15, 0.2) is 30.3 Å². The van der Waals surface area contributed by atoms with Crippen LogP contribution in [0.1, 0.15) is 24.0 Å². The van der Waals surface area contributed by atoms with E-state index in [1.54, 1.807) is 52.7 Å². The lowest BCUT2D eigenvalue weighted by atomic mass is 10.00. The molecule has 2 N–H and O–H groups in total. The molecule has 0 aliphatic carbocycles. The molecule has 1 heterocycles. The number of amides is 1. The van der Waals surface area contributed by atoms with Crippen molar-refractivity contribution in [3.05, 3.63) is 41.5 Å². The van der Waals surface area contributed by atoms with Gasteiger partial charge in [-0.3, -0.25) is 4.79 Å². The Balaban J connectivity index is 2.14. The molecule has 0 saturated carbocycles. The first-order chi connectivity index (χ1) is 14.5. The largest absolute Gasteiger partial charge is 0.495 e. The third-order valence-electron chi connectivity index (χ3n) is 5.16. The van der Waals surface area contributed by atoms with Crippen LogP contribution in [0, 0.1) is 0 Å². The predicted octanol–water partition coefficient (Wildman–Crippen LogP) is 3.47. The first-order valence-corrected chi connectivity index (χ1v) is 9.77. The summed E-state index contributed by atoms with van der Waals surface area (Å²) < 4.78 is 21.6. The minimum Gasteiger partial charge on any atom is -0.495 e. The summed E-state index contributed by atoms with van der Waals surface area (Å²) in [5, 5.41) is 0. The highest BCUT2D eigenvalue weighted by Gasteiger charge is 2.25. The van der Waals surface area contributed by atoms with Gasteiger partial charge in [-0.1, -0.05) is 6.07 Å². The van der Waals surface area contributed by atoms with E-state index >= 15 is 0 Å². The molecular formula is C23H28N2O5. The molecule has 1 aliphatic heterocycles. The van der Waals surface area contributed by atoms with E-state index in [1.807, 2.05) is 17.0 Å². The number of hydrogen-bond acceptors (Lipinski definition) is 6. The third-order valence-corrected chi connectivity index (χ3v) is 5.16. The number of rotatable bonds is 7. The minimum absolute atomic E-state index is 0.0452. The lowest BCUT2D eigenvalue weighted by Gasteiger charge is -2.20. The van der Waals surface area contributed by atoms with Gasteiger partial charge in [0.2, 0.25) is 5.75 Å². The van der Waals surface area contributed by atoms with E-state index < -0.39 is 0 Å². The van der Waals surface area contributed by atoms with Gasteiger partial charge in [-0.2, -0.15) is 0 Å². The normalized spacial score (nSPS) is 13.9. The summed E-state index contributed by atoms with van der Waals surface area (Å²) in [6, 6.07) is 9.01. The molecule has 0 radical (unpaired) electrons. The molecule has 0 unspecified atom stereocenters. The summed E-state index contributed by atoms with van der Waals surface area (Å²) in [5.74, 6) is 2.00. The van der Waals surface area contributed by atoms with Gasteiger partial charge < -0.3 is 29.6 Å². The first kappa shape index (κ1) is 21.4. The molecule has 0 spiro atoms.